The standard InChI is InChI=1S/C4H9N2O/c5-4-3-7-2-1-6-4/h4-6H,1-3H2. The van der Waals surface area contributed by atoms with E-state index in [2.05, 4.69) is 5.32 Å². The number of ether oxygens (including phenoxy) is 1. The molecule has 3 heteroatoms. The number of morpholine rings is 1. The van der Waals surface area contributed by atoms with E-state index in [1.165, 1.54) is 0 Å². The second kappa shape index (κ2) is 2.26. The van der Waals surface area contributed by atoms with Gasteiger partial charge >= 0.3 is 0 Å². The highest BCUT2D eigenvalue weighted by Gasteiger charge is 2.05. The molecule has 41 valence electrons. The highest BCUT2D eigenvalue weighted by molar-refractivity contribution is 4.60. The summed E-state index contributed by atoms with van der Waals surface area (Å²) in [5.74, 6) is 0. The van der Waals surface area contributed by atoms with Gasteiger partial charge in [-0.2, -0.15) is 0 Å². The van der Waals surface area contributed by atoms with E-state index in [4.69, 9.17) is 10.5 Å². The first-order valence-corrected chi connectivity index (χ1v) is 2.42. The number of hydrogen-bond donors (Lipinski definition) is 1. The van der Waals surface area contributed by atoms with Gasteiger partial charge in [-0.1, -0.05) is 0 Å². The van der Waals surface area contributed by atoms with Crippen molar-refractivity contribution < 1.29 is 4.74 Å². The van der Waals surface area contributed by atoms with Crippen molar-refractivity contribution in [3.8, 4) is 0 Å². The Hall–Kier alpha value is -0.120. The number of nitrogens with one attached hydrogen (secondary N) is 2. The Morgan fingerprint density at radius 3 is 2.86 bits per heavy atom. The van der Waals surface area contributed by atoms with E-state index in [1.54, 1.807) is 0 Å². The molecular weight excluding hydrogens is 92.1 g/mol. The highest BCUT2D eigenvalue weighted by Crippen LogP contribution is 1.84. The molecule has 0 spiro atoms. The van der Waals surface area contributed by atoms with Gasteiger partial charge in [-0.05, 0) is 0 Å². The molecule has 0 aromatic heterocycles. The van der Waals surface area contributed by atoms with Crippen molar-refractivity contribution >= 4 is 0 Å². The van der Waals surface area contributed by atoms with Crippen LogP contribution in [0.25, 0.3) is 0 Å². The summed E-state index contributed by atoms with van der Waals surface area (Å²) in [6.07, 6.45) is -0.186. The van der Waals surface area contributed by atoms with E-state index < -0.39 is 0 Å². The zero-order chi connectivity index (χ0) is 5.11. The summed E-state index contributed by atoms with van der Waals surface area (Å²) in [5, 5.41) is 2.92. The normalized spacial score (nSPS) is 33.0. The van der Waals surface area contributed by atoms with E-state index in [0.717, 1.165) is 13.2 Å². The van der Waals surface area contributed by atoms with Crippen LogP contribution in [0.3, 0.4) is 0 Å². The van der Waals surface area contributed by atoms with Gasteiger partial charge in [0.1, 0.15) is 0 Å². The second-order valence-corrected chi connectivity index (χ2v) is 1.58. The molecule has 1 fully saturated rings. The molecule has 2 N–H and O–H groups in total. The smallest absolute Gasteiger partial charge is 0.0942 e. The lowest BCUT2D eigenvalue weighted by molar-refractivity contribution is 0.0766. The third-order valence-corrected chi connectivity index (χ3v) is 0.922. The fourth-order valence-electron chi connectivity index (χ4n) is 0.565. The van der Waals surface area contributed by atoms with Crippen molar-refractivity contribution in [2.75, 3.05) is 19.8 Å². The van der Waals surface area contributed by atoms with E-state index in [-0.39, 0.29) is 6.17 Å². The summed E-state index contributed by atoms with van der Waals surface area (Å²) in [5.41, 5.74) is 7.04. The minimum Gasteiger partial charge on any atom is -0.377 e. The Bertz CT molecular complexity index is 51.7. The maximum absolute atomic E-state index is 7.04. The zero-order valence-corrected chi connectivity index (χ0v) is 4.11. The molecule has 0 aliphatic carbocycles. The average Bonchev–Trinajstić information content (AvgIpc) is 1.69. The van der Waals surface area contributed by atoms with Crippen LogP contribution in [-0.4, -0.2) is 25.9 Å². The quantitative estimate of drug-likeness (QED) is 0.435. The van der Waals surface area contributed by atoms with Gasteiger partial charge in [0.25, 0.3) is 0 Å². The Morgan fingerprint density at radius 1 is 1.71 bits per heavy atom. The predicted molar refractivity (Wildman–Crippen MR) is 25.7 cm³/mol. The molecule has 1 heterocycles. The Balaban J connectivity index is 2.12. The molecule has 1 saturated heterocycles. The van der Waals surface area contributed by atoms with Gasteiger partial charge in [-0.3, -0.25) is 5.32 Å². The Kier molecular flexibility index (Phi) is 1.62. The molecule has 0 amide bonds. The first kappa shape index (κ1) is 5.03. The van der Waals surface area contributed by atoms with E-state index in [9.17, 15) is 0 Å². The van der Waals surface area contributed by atoms with Crippen molar-refractivity contribution in [1.29, 1.82) is 0 Å². The molecular formula is C4H9N2O. The minimum atomic E-state index is -0.186. The van der Waals surface area contributed by atoms with Crippen molar-refractivity contribution in [3.63, 3.8) is 0 Å². The van der Waals surface area contributed by atoms with E-state index in [0.29, 0.717) is 6.61 Å². The van der Waals surface area contributed by atoms with Gasteiger partial charge in [-0.25, -0.2) is 5.73 Å². The van der Waals surface area contributed by atoms with Gasteiger partial charge in [0.2, 0.25) is 0 Å². The van der Waals surface area contributed by atoms with E-state index >= 15 is 0 Å². The fraction of sp³-hybridized carbons (Fsp3) is 1.00. The summed E-state index contributed by atoms with van der Waals surface area (Å²) in [6.45, 7) is 2.13. The van der Waals surface area contributed by atoms with Crippen molar-refractivity contribution in [2.24, 2.45) is 0 Å². The molecule has 1 radical (unpaired) electrons. The summed E-state index contributed by atoms with van der Waals surface area (Å²) >= 11 is 0. The summed E-state index contributed by atoms with van der Waals surface area (Å²) in [7, 11) is 0. The van der Waals surface area contributed by atoms with E-state index in [1.807, 2.05) is 0 Å². The Morgan fingerprint density at radius 2 is 2.57 bits per heavy atom. The number of rotatable bonds is 0. The van der Waals surface area contributed by atoms with Gasteiger partial charge in [0, 0.05) is 6.54 Å². The topological polar surface area (TPSA) is 45.1 Å². The fourth-order valence-corrected chi connectivity index (χ4v) is 0.565. The van der Waals surface area contributed by atoms with Gasteiger partial charge in [0.15, 0.2) is 0 Å². The Labute approximate surface area is 42.8 Å². The van der Waals surface area contributed by atoms with Crippen molar-refractivity contribution in [3.05, 3.63) is 0 Å². The van der Waals surface area contributed by atoms with Crippen LogP contribution in [0.5, 0.6) is 0 Å². The van der Waals surface area contributed by atoms with Gasteiger partial charge < -0.3 is 4.74 Å². The second-order valence-electron chi connectivity index (χ2n) is 1.58. The molecule has 1 aliphatic rings. The first-order valence-electron chi connectivity index (χ1n) is 2.42. The molecule has 1 aliphatic heterocycles. The molecule has 3 nitrogen and oxygen atoms in total. The van der Waals surface area contributed by atoms with Crippen LogP contribution in [0, 0.1) is 0 Å². The predicted octanol–water partition coefficient (Wildman–Crippen LogP) is -0.785. The monoisotopic (exact) mass is 101 g/mol. The molecule has 0 aromatic rings. The first-order chi connectivity index (χ1) is 3.39. The highest BCUT2D eigenvalue weighted by atomic mass is 16.5. The summed E-state index contributed by atoms with van der Waals surface area (Å²) < 4.78 is 4.93. The number of hydrogen-bond acceptors (Lipinski definition) is 2. The van der Waals surface area contributed by atoms with Crippen LogP contribution >= 0.6 is 0 Å². The average molecular weight is 101 g/mol. The van der Waals surface area contributed by atoms with Gasteiger partial charge in [-0.15, -0.1) is 0 Å². The lowest BCUT2D eigenvalue weighted by Crippen LogP contribution is -2.41. The summed E-state index contributed by atoms with van der Waals surface area (Å²) in [4.78, 5) is 0. The largest absolute Gasteiger partial charge is 0.377 e. The SMILES string of the molecule is [NH]C1COCCN1. The van der Waals surface area contributed by atoms with Crippen LogP contribution in [0.4, 0.5) is 0 Å². The van der Waals surface area contributed by atoms with Crippen LogP contribution in [0.1, 0.15) is 0 Å². The lowest BCUT2D eigenvalue weighted by atomic mass is 10.5. The molecule has 7 heavy (non-hydrogen) atoms. The molecule has 0 saturated carbocycles. The van der Waals surface area contributed by atoms with Crippen LogP contribution in [-0.2, 0) is 4.74 Å². The van der Waals surface area contributed by atoms with Crippen molar-refractivity contribution in [2.45, 2.75) is 6.17 Å². The molecule has 0 bridgehead atoms. The summed E-state index contributed by atoms with van der Waals surface area (Å²) in [6, 6.07) is 0. The third-order valence-electron chi connectivity index (χ3n) is 0.922. The van der Waals surface area contributed by atoms with Crippen LogP contribution in [0.2, 0.25) is 0 Å². The molecule has 1 unspecified atom stereocenters. The third kappa shape index (κ3) is 1.43. The zero-order valence-electron chi connectivity index (χ0n) is 4.11. The minimum absolute atomic E-state index is 0.186. The van der Waals surface area contributed by atoms with Crippen LogP contribution < -0.4 is 11.1 Å². The van der Waals surface area contributed by atoms with Crippen molar-refractivity contribution in [1.82, 2.24) is 11.1 Å². The van der Waals surface area contributed by atoms with Crippen LogP contribution in [0.15, 0.2) is 0 Å². The molecule has 1 atom stereocenters. The molecule has 0 aromatic carbocycles. The lowest BCUT2D eigenvalue weighted by Gasteiger charge is -2.18. The maximum atomic E-state index is 7.04. The van der Waals surface area contributed by atoms with Gasteiger partial charge in [0.05, 0.1) is 19.4 Å². The molecule has 1 rings (SSSR count). The maximum Gasteiger partial charge on any atom is 0.0942 e.